The zero-order chi connectivity index (χ0) is 10.8. The Bertz CT molecular complexity index is 384. The fourth-order valence-electron chi connectivity index (χ4n) is 2.08. The molecular formula is C11H15NO2Se. The predicted octanol–water partition coefficient (Wildman–Crippen LogP) is 1.75. The van der Waals surface area contributed by atoms with E-state index in [4.69, 9.17) is 5.11 Å². The standard InChI is InChI=1S/C11H15NO2Se/c1-2-12-9-7-5-3-4-6-8(7)15-10(9)11(13)14/h12H,2-6H2,1H3,(H,13,14). The van der Waals surface area contributed by atoms with Gasteiger partial charge in [0.15, 0.2) is 0 Å². The van der Waals surface area contributed by atoms with Crippen LogP contribution in [0.3, 0.4) is 0 Å². The molecule has 0 saturated heterocycles. The van der Waals surface area contributed by atoms with Crippen molar-refractivity contribution in [3.8, 4) is 0 Å². The van der Waals surface area contributed by atoms with Crippen LogP contribution in [-0.4, -0.2) is 32.1 Å². The summed E-state index contributed by atoms with van der Waals surface area (Å²) in [5, 5.41) is 12.4. The van der Waals surface area contributed by atoms with Crippen LogP contribution in [0, 0.1) is 0 Å². The second kappa shape index (κ2) is 4.42. The molecular weight excluding hydrogens is 257 g/mol. The maximum absolute atomic E-state index is 11.1. The normalized spacial score (nSPS) is 14.7. The third kappa shape index (κ3) is 1.97. The molecule has 15 heavy (non-hydrogen) atoms. The number of hydrogen-bond donors (Lipinski definition) is 2. The zero-order valence-electron chi connectivity index (χ0n) is 8.80. The van der Waals surface area contributed by atoms with Crippen molar-refractivity contribution in [2.75, 3.05) is 11.9 Å². The Balaban J connectivity index is 2.45. The van der Waals surface area contributed by atoms with Crippen LogP contribution >= 0.6 is 0 Å². The molecule has 1 aromatic rings. The van der Waals surface area contributed by atoms with Crippen molar-refractivity contribution in [1.29, 1.82) is 0 Å². The van der Waals surface area contributed by atoms with E-state index in [1.807, 2.05) is 6.92 Å². The van der Waals surface area contributed by atoms with Crippen molar-refractivity contribution in [1.82, 2.24) is 0 Å². The van der Waals surface area contributed by atoms with Gasteiger partial charge in [0, 0.05) is 0 Å². The van der Waals surface area contributed by atoms with Gasteiger partial charge in [-0.15, -0.1) is 0 Å². The van der Waals surface area contributed by atoms with Crippen molar-refractivity contribution in [2.24, 2.45) is 0 Å². The van der Waals surface area contributed by atoms with Gasteiger partial charge in [0.25, 0.3) is 0 Å². The first-order valence-corrected chi connectivity index (χ1v) is 7.07. The van der Waals surface area contributed by atoms with Gasteiger partial charge in [0.05, 0.1) is 0 Å². The Morgan fingerprint density at radius 1 is 1.47 bits per heavy atom. The summed E-state index contributed by atoms with van der Waals surface area (Å²) in [4.78, 5) is 11.1. The van der Waals surface area contributed by atoms with E-state index in [0.717, 1.165) is 25.1 Å². The molecule has 1 aliphatic carbocycles. The van der Waals surface area contributed by atoms with E-state index in [9.17, 15) is 4.79 Å². The van der Waals surface area contributed by atoms with E-state index in [-0.39, 0.29) is 14.5 Å². The first-order chi connectivity index (χ1) is 7.24. The second-order valence-electron chi connectivity index (χ2n) is 3.75. The van der Waals surface area contributed by atoms with Crippen LogP contribution in [0.15, 0.2) is 0 Å². The number of anilines is 1. The van der Waals surface area contributed by atoms with Crippen LogP contribution in [0.1, 0.15) is 39.0 Å². The fourth-order valence-corrected chi connectivity index (χ4v) is 4.61. The molecule has 3 nitrogen and oxygen atoms in total. The summed E-state index contributed by atoms with van der Waals surface area (Å²) in [5.74, 6) is -0.736. The first kappa shape index (κ1) is 10.8. The molecule has 0 aliphatic heterocycles. The molecule has 1 aliphatic rings. The summed E-state index contributed by atoms with van der Waals surface area (Å²) in [5.41, 5.74) is 2.26. The maximum atomic E-state index is 11.1. The zero-order valence-corrected chi connectivity index (χ0v) is 10.5. The average Bonchev–Trinajstić information content (AvgIpc) is 2.58. The van der Waals surface area contributed by atoms with E-state index in [1.54, 1.807) is 0 Å². The predicted molar refractivity (Wildman–Crippen MR) is 61.1 cm³/mol. The minimum absolute atomic E-state index is 0.0685. The summed E-state index contributed by atoms with van der Waals surface area (Å²) in [6, 6.07) is 0. The number of nitrogens with one attached hydrogen (secondary N) is 1. The van der Waals surface area contributed by atoms with Gasteiger partial charge in [-0.25, -0.2) is 0 Å². The molecule has 2 N–H and O–H groups in total. The van der Waals surface area contributed by atoms with Gasteiger partial charge in [-0.05, 0) is 0 Å². The van der Waals surface area contributed by atoms with E-state index < -0.39 is 5.97 Å². The van der Waals surface area contributed by atoms with Gasteiger partial charge in [-0.1, -0.05) is 0 Å². The molecule has 1 heterocycles. The minimum atomic E-state index is -0.736. The van der Waals surface area contributed by atoms with Crippen molar-refractivity contribution in [3.63, 3.8) is 0 Å². The van der Waals surface area contributed by atoms with Crippen LogP contribution in [0.4, 0.5) is 5.69 Å². The Morgan fingerprint density at radius 3 is 2.87 bits per heavy atom. The molecule has 0 atom stereocenters. The number of fused-ring (bicyclic) bond motifs is 1. The second-order valence-corrected chi connectivity index (χ2v) is 6.07. The topological polar surface area (TPSA) is 49.3 Å². The molecule has 1 aromatic heterocycles. The van der Waals surface area contributed by atoms with E-state index >= 15 is 0 Å². The Hall–Kier alpha value is -0.731. The van der Waals surface area contributed by atoms with Crippen LogP contribution in [-0.2, 0) is 12.8 Å². The average molecular weight is 272 g/mol. The van der Waals surface area contributed by atoms with Gasteiger partial charge in [-0.3, -0.25) is 0 Å². The van der Waals surface area contributed by atoms with Gasteiger partial charge in [-0.2, -0.15) is 0 Å². The molecule has 82 valence electrons. The Morgan fingerprint density at radius 2 is 2.20 bits per heavy atom. The quantitative estimate of drug-likeness (QED) is 0.824. The van der Waals surface area contributed by atoms with Crippen molar-refractivity contribution < 1.29 is 9.90 Å². The molecule has 0 aromatic carbocycles. The van der Waals surface area contributed by atoms with Crippen LogP contribution < -0.4 is 5.32 Å². The van der Waals surface area contributed by atoms with Crippen molar-refractivity contribution in [3.05, 3.63) is 14.4 Å². The molecule has 0 radical (unpaired) electrons. The molecule has 0 fully saturated rings. The molecule has 0 unspecified atom stereocenters. The van der Waals surface area contributed by atoms with Crippen molar-refractivity contribution >= 4 is 26.2 Å². The SMILES string of the molecule is CCNc1c(C(=O)O)[se]c2c1CCCC2. The van der Waals surface area contributed by atoms with Crippen LogP contribution in [0.2, 0.25) is 0 Å². The summed E-state index contributed by atoms with van der Waals surface area (Å²) in [7, 11) is 0. The number of hydrogen-bond acceptors (Lipinski definition) is 2. The summed E-state index contributed by atoms with van der Waals surface area (Å²) in [6.45, 7) is 2.82. The monoisotopic (exact) mass is 273 g/mol. The first-order valence-electron chi connectivity index (χ1n) is 5.35. The van der Waals surface area contributed by atoms with Crippen LogP contribution in [0.25, 0.3) is 0 Å². The van der Waals surface area contributed by atoms with Crippen LogP contribution in [0.5, 0.6) is 0 Å². The van der Waals surface area contributed by atoms with Gasteiger partial charge in [0.2, 0.25) is 0 Å². The van der Waals surface area contributed by atoms with Crippen molar-refractivity contribution in [2.45, 2.75) is 32.6 Å². The van der Waals surface area contributed by atoms with Gasteiger partial charge >= 0.3 is 95.0 Å². The van der Waals surface area contributed by atoms with Gasteiger partial charge in [0.1, 0.15) is 0 Å². The molecule has 0 amide bonds. The Labute approximate surface area is 95.2 Å². The molecule has 0 bridgehead atoms. The molecule has 2 rings (SSSR count). The van der Waals surface area contributed by atoms with E-state index in [1.165, 1.54) is 22.8 Å². The Kier molecular flexibility index (Phi) is 3.17. The molecule has 0 spiro atoms. The summed E-state index contributed by atoms with van der Waals surface area (Å²) < 4.78 is 2.05. The third-order valence-corrected chi connectivity index (χ3v) is 5.40. The summed E-state index contributed by atoms with van der Waals surface area (Å²) in [6.07, 6.45) is 4.61. The van der Waals surface area contributed by atoms with E-state index in [0.29, 0.717) is 4.44 Å². The number of rotatable bonds is 3. The number of carboxylic acid groups (broad SMARTS) is 1. The van der Waals surface area contributed by atoms with Gasteiger partial charge < -0.3 is 0 Å². The number of aromatic carboxylic acids is 1. The number of aryl methyl sites for hydroxylation is 1. The third-order valence-electron chi connectivity index (χ3n) is 2.72. The molecule has 4 heteroatoms. The fraction of sp³-hybridized carbons (Fsp3) is 0.545. The summed E-state index contributed by atoms with van der Waals surface area (Å²) >= 11 is 0.0685. The molecule has 0 saturated carbocycles. The number of carboxylic acids is 1. The number of carbonyl (C=O) groups is 1. The van der Waals surface area contributed by atoms with E-state index in [2.05, 4.69) is 5.32 Å².